The number of anilines is 1. The Bertz CT molecular complexity index is 818. The van der Waals surface area contributed by atoms with Crippen LogP contribution in [0.5, 0.6) is 0 Å². The van der Waals surface area contributed by atoms with Crippen molar-refractivity contribution in [2.45, 2.75) is 24.5 Å². The average Bonchev–Trinajstić information content (AvgIpc) is 3.02. The van der Waals surface area contributed by atoms with E-state index in [1.165, 1.54) is 31.0 Å². The first kappa shape index (κ1) is 16.5. The predicted molar refractivity (Wildman–Crippen MR) is 89.3 cm³/mol. The highest BCUT2D eigenvalue weighted by atomic mass is 32.2. The number of carbonyl (C=O) groups is 1. The van der Waals surface area contributed by atoms with Gasteiger partial charge in [-0.15, -0.1) is 5.10 Å². The number of hydrogen-bond acceptors (Lipinski definition) is 6. The molecular weight excluding hydrogens is 331 g/mol. The Hall–Kier alpha value is -2.35. The van der Waals surface area contributed by atoms with E-state index < -0.39 is 12.0 Å². The monoisotopic (exact) mass is 348 g/mol. The number of rotatable bonds is 4. The Morgan fingerprint density at radius 3 is 2.92 bits per heavy atom. The van der Waals surface area contributed by atoms with Crippen molar-refractivity contribution in [3.8, 4) is 0 Å². The van der Waals surface area contributed by atoms with Crippen LogP contribution >= 0.6 is 11.8 Å². The Kier molecular flexibility index (Phi) is 4.57. The lowest BCUT2D eigenvalue weighted by atomic mass is 9.94. The standard InChI is InChI=1S/C16H17FN4O2S/c1-4-11-12(14(22)23-2)13(9-6-5-7-10(17)8-9)21-15(18-11)19-16(20-21)24-3/h5-8,13H,4H2,1-3H3,(H,18,19,20). The van der Waals surface area contributed by atoms with Crippen molar-refractivity contribution < 1.29 is 13.9 Å². The second kappa shape index (κ2) is 6.64. The number of methoxy groups -OCH3 is 1. The number of thioether (sulfide) groups is 1. The summed E-state index contributed by atoms with van der Waals surface area (Å²) in [5, 5.41) is 8.15. The number of allylic oxidation sites excluding steroid dienone is 1. The topological polar surface area (TPSA) is 69.0 Å². The summed E-state index contributed by atoms with van der Waals surface area (Å²) in [6.45, 7) is 1.93. The summed E-state index contributed by atoms with van der Waals surface area (Å²) >= 11 is 1.40. The van der Waals surface area contributed by atoms with Gasteiger partial charge in [-0.25, -0.2) is 13.9 Å². The average molecular weight is 348 g/mol. The summed E-state index contributed by atoms with van der Waals surface area (Å²) in [4.78, 5) is 16.8. The molecule has 0 bridgehead atoms. The van der Waals surface area contributed by atoms with Crippen LogP contribution in [0.15, 0.2) is 40.7 Å². The third-order valence-corrected chi connectivity index (χ3v) is 4.36. The minimum absolute atomic E-state index is 0.375. The second-order valence-electron chi connectivity index (χ2n) is 5.19. The number of nitrogens with one attached hydrogen (secondary N) is 1. The summed E-state index contributed by atoms with van der Waals surface area (Å²) in [7, 11) is 1.33. The van der Waals surface area contributed by atoms with Gasteiger partial charge in [-0.2, -0.15) is 4.98 Å². The highest BCUT2D eigenvalue weighted by Gasteiger charge is 2.35. The molecule has 126 valence electrons. The zero-order valence-electron chi connectivity index (χ0n) is 13.5. The molecule has 1 aliphatic heterocycles. The van der Waals surface area contributed by atoms with Gasteiger partial charge >= 0.3 is 5.97 Å². The summed E-state index contributed by atoms with van der Waals surface area (Å²) in [5.74, 6) is -0.321. The Morgan fingerprint density at radius 1 is 1.50 bits per heavy atom. The molecule has 1 unspecified atom stereocenters. The fraction of sp³-hybridized carbons (Fsp3) is 0.312. The van der Waals surface area contributed by atoms with Gasteiger partial charge in [0.25, 0.3) is 0 Å². The van der Waals surface area contributed by atoms with Crippen LogP contribution < -0.4 is 5.32 Å². The second-order valence-corrected chi connectivity index (χ2v) is 5.96. The highest BCUT2D eigenvalue weighted by Crippen LogP contribution is 2.37. The van der Waals surface area contributed by atoms with E-state index in [-0.39, 0.29) is 5.82 Å². The van der Waals surface area contributed by atoms with Crippen LogP contribution in [0, 0.1) is 5.82 Å². The molecule has 0 spiro atoms. The van der Waals surface area contributed by atoms with E-state index in [0.29, 0.717) is 34.4 Å². The van der Waals surface area contributed by atoms with E-state index in [1.54, 1.807) is 16.8 Å². The number of halogens is 1. The fourth-order valence-electron chi connectivity index (χ4n) is 2.75. The summed E-state index contributed by atoms with van der Waals surface area (Å²) in [5.41, 5.74) is 1.72. The summed E-state index contributed by atoms with van der Waals surface area (Å²) < 4.78 is 20.3. The third-order valence-electron chi connectivity index (χ3n) is 3.82. The lowest BCUT2D eigenvalue weighted by Gasteiger charge is -2.28. The molecule has 2 heterocycles. The van der Waals surface area contributed by atoms with Gasteiger partial charge in [0.05, 0.1) is 12.7 Å². The van der Waals surface area contributed by atoms with Crippen LogP contribution in [0.4, 0.5) is 10.3 Å². The molecule has 1 atom stereocenters. The number of ether oxygens (including phenoxy) is 1. The smallest absolute Gasteiger partial charge is 0.338 e. The molecule has 0 saturated heterocycles. The normalized spacial score (nSPS) is 16.6. The first-order valence-electron chi connectivity index (χ1n) is 7.43. The van der Waals surface area contributed by atoms with Gasteiger partial charge in [-0.3, -0.25) is 0 Å². The van der Waals surface area contributed by atoms with E-state index in [0.717, 1.165) is 0 Å². The van der Waals surface area contributed by atoms with Crippen LogP contribution in [-0.4, -0.2) is 34.1 Å². The summed E-state index contributed by atoms with van der Waals surface area (Å²) in [6.07, 6.45) is 2.45. The molecule has 8 heteroatoms. The molecule has 1 aliphatic rings. The van der Waals surface area contributed by atoms with Crippen LogP contribution in [0.3, 0.4) is 0 Å². The van der Waals surface area contributed by atoms with E-state index in [4.69, 9.17) is 4.74 Å². The molecule has 1 aromatic carbocycles. The van der Waals surface area contributed by atoms with Gasteiger partial charge in [0.1, 0.15) is 11.9 Å². The maximum absolute atomic E-state index is 13.8. The van der Waals surface area contributed by atoms with Crippen molar-refractivity contribution in [1.82, 2.24) is 14.8 Å². The first-order valence-corrected chi connectivity index (χ1v) is 8.65. The van der Waals surface area contributed by atoms with Crippen molar-refractivity contribution in [1.29, 1.82) is 0 Å². The largest absolute Gasteiger partial charge is 0.466 e. The van der Waals surface area contributed by atoms with Crippen molar-refractivity contribution in [2.24, 2.45) is 0 Å². The van der Waals surface area contributed by atoms with E-state index in [1.807, 2.05) is 13.2 Å². The zero-order valence-corrected chi connectivity index (χ0v) is 14.4. The Balaban J connectivity index is 2.23. The van der Waals surface area contributed by atoms with Crippen molar-refractivity contribution in [3.05, 3.63) is 46.9 Å². The molecule has 24 heavy (non-hydrogen) atoms. The molecule has 0 aliphatic carbocycles. The molecule has 1 N–H and O–H groups in total. The number of fused-ring (bicyclic) bond motifs is 1. The predicted octanol–water partition coefficient (Wildman–Crippen LogP) is 2.99. The molecule has 0 amide bonds. The van der Waals surface area contributed by atoms with Gasteiger partial charge in [0, 0.05) is 5.70 Å². The quantitative estimate of drug-likeness (QED) is 0.677. The minimum Gasteiger partial charge on any atom is -0.466 e. The van der Waals surface area contributed by atoms with Crippen molar-refractivity contribution in [3.63, 3.8) is 0 Å². The number of hydrogen-bond donors (Lipinski definition) is 1. The molecule has 0 saturated carbocycles. The summed E-state index contributed by atoms with van der Waals surface area (Å²) in [6, 6.07) is 5.55. The molecule has 0 radical (unpaired) electrons. The fourth-order valence-corrected chi connectivity index (χ4v) is 3.10. The number of carbonyl (C=O) groups excluding carboxylic acids is 1. The van der Waals surface area contributed by atoms with Gasteiger partial charge in [-0.1, -0.05) is 30.8 Å². The van der Waals surface area contributed by atoms with E-state index in [2.05, 4.69) is 15.4 Å². The van der Waals surface area contributed by atoms with Crippen molar-refractivity contribution in [2.75, 3.05) is 18.7 Å². The van der Waals surface area contributed by atoms with Crippen LogP contribution in [0.1, 0.15) is 24.9 Å². The molecule has 1 aromatic heterocycles. The van der Waals surface area contributed by atoms with Crippen molar-refractivity contribution >= 4 is 23.7 Å². The number of esters is 1. The van der Waals surface area contributed by atoms with Crippen LogP contribution in [0.2, 0.25) is 0 Å². The van der Waals surface area contributed by atoms with Gasteiger partial charge in [0.2, 0.25) is 11.1 Å². The molecular formula is C16H17FN4O2S. The van der Waals surface area contributed by atoms with Crippen LogP contribution in [0.25, 0.3) is 0 Å². The lowest BCUT2D eigenvalue weighted by Crippen LogP contribution is -2.30. The minimum atomic E-state index is -0.590. The van der Waals surface area contributed by atoms with Crippen LogP contribution in [-0.2, 0) is 9.53 Å². The molecule has 3 rings (SSSR count). The van der Waals surface area contributed by atoms with Gasteiger partial charge in [-0.05, 0) is 30.4 Å². The SMILES string of the molecule is CCC1=C(C(=O)OC)C(c2cccc(F)c2)n2nc(SC)nc2N1. The Labute approximate surface area is 143 Å². The molecule has 6 nitrogen and oxygen atoms in total. The lowest BCUT2D eigenvalue weighted by molar-refractivity contribution is -0.136. The third kappa shape index (κ3) is 2.77. The number of aromatic nitrogens is 3. The first-order chi connectivity index (χ1) is 11.6. The molecule has 0 fully saturated rings. The maximum Gasteiger partial charge on any atom is 0.338 e. The zero-order chi connectivity index (χ0) is 17.3. The Morgan fingerprint density at radius 2 is 2.29 bits per heavy atom. The van der Waals surface area contributed by atoms with E-state index >= 15 is 0 Å². The van der Waals surface area contributed by atoms with Gasteiger partial charge < -0.3 is 10.1 Å². The maximum atomic E-state index is 13.8. The van der Waals surface area contributed by atoms with E-state index in [9.17, 15) is 9.18 Å². The van der Waals surface area contributed by atoms with Gasteiger partial charge in [0.15, 0.2) is 0 Å². The molecule has 2 aromatic rings. The number of benzene rings is 1. The number of nitrogens with zero attached hydrogens (tertiary/aromatic N) is 3. The highest BCUT2D eigenvalue weighted by molar-refractivity contribution is 7.98.